The number of amides is 1. The highest BCUT2D eigenvalue weighted by Crippen LogP contribution is 2.46. The van der Waals surface area contributed by atoms with Gasteiger partial charge < -0.3 is 14.2 Å². The Kier molecular flexibility index (Phi) is 6.38. The molecule has 1 atom stereocenters. The Morgan fingerprint density at radius 1 is 1.19 bits per heavy atom. The van der Waals surface area contributed by atoms with Gasteiger partial charge in [0.15, 0.2) is 5.69 Å². The van der Waals surface area contributed by atoms with Crippen LogP contribution in [-0.2, 0) is 4.79 Å². The number of halogens is 1. The molecule has 4 rings (SSSR count). The zero-order valence-corrected chi connectivity index (χ0v) is 19.5. The minimum absolute atomic E-state index is 0.236. The van der Waals surface area contributed by atoms with Crippen LogP contribution in [0.3, 0.4) is 0 Å². The first-order valence-electron chi connectivity index (χ1n) is 9.82. The van der Waals surface area contributed by atoms with Gasteiger partial charge in [0.2, 0.25) is 23.2 Å². The summed E-state index contributed by atoms with van der Waals surface area (Å²) in [5, 5.41) is 9.55. The van der Waals surface area contributed by atoms with Gasteiger partial charge in [-0.3, -0.25) is 9.69 Å². The number of benzene rings is 2. The molecule has 0 aliphatic carbocycles. The Morgan fingerprint density at radius 2 is 2.00 bits per heavy atom. The summed E-state index contributed by atoms with van der Waals surface area (Å²) in [6.45, 7) is 3.47. The molecule has 0 spiro atoms. The van der Waals surface area contributed by atoms with Crippen LogP contribution < -0.4 is 19.1 Å². The number of methoxy groups -OCH3 is 2. The summed E-state index contributed by atoms with van der Waals surface area (Å²) >= 11 is 7.73. The van der Waals surface area contributed by atoms with E-state index in [-0.39, 0.29) is 11.8 Å². The van der Waals surface area contributed by atoms with Crippen molar-refractivity contribution in [2.24, 2.45) is 0 Å². The molecular weight excluding hydrogens is 452 g/mol. The van der Waals surface area contributed by atoms with Gasteiger partial charge in [0.25, 0.3) is 0 Å². The van der Waals surface area contributed by atoms with E-state index in [9.17, 15) is 4.79 Å². The van der Waals surface area contributed by atoms with E-state index in [1.807, 2.05) is 6.92 Å². The first-order chi connectivity index (χ1) is 15.5. The highest BCUT2D eigenvalue weighted by molar-refractivity contribution is 7.99. The standard InChI is InChI=1S/C22H21ClN4O4S/c1-5-32-22-24-20-19(25-26-22)16-10-13(23)6-9-17(16)27(12(2)28)21(31-20)15-8-7-14(29-3)11-18(15)30-4/h6-11,21H,5H2,1-4H3/t21-/m1/s1. The zero-order valence-electron chi connectivity index (χ0n) is 18.0. The summed E-state index contributed by atoms with van der Waals surface area (Å²) in [5.41, 5.74) is 2.21. The van der Waals surface area contributed by atoms with Crippen LogP contribution in [0, 0.1) is 0 Å². The molecule has 0 unspecified atom stereocenters. The predicted octanol–water partition coefficient (Wildman–Crippen LogP) is 4.77. The van der Waals surface area contributed by atoms with E-state index in [1.54, 1.807) is 50.6 Å². The molecule has 0 radical (unpaired) electrons. The van der Waals surface area contributed by atoms with Gasteiger partial charge in [-0.2, -0.15) is 4.98 Å². The fourth-order valence-corrected chi connectivity index (χ4v) is 4.17. The average Bonchev–Trinajstić information content (AvgIpc) is 2.92. The van der Waals surface area contributed by atoms with Crippen LogP contribution in [0.5, 0.6) is 17.4 Å². The van der Waals surface area contributed by atoms with E-state index in [0.717, 1.165) is 5.75 Å². The van der Waals surface area contributed by atoms with Crippen molar-refractivity contribution in [2.45, 2.75) is 25.2 Å². The van der Waals surface area contributed by atoms with Gasteiger partial charge in [0.05, 0.1) is 25.5 Å². The Bertz CT molecular complexity index is 1180. The molecule has 0 bridgehead atoms. The molecule has 0 saturated carbocycles. The molecule has 8 nitrogen and oxygen atoms in total. The number of thioether (sulfide) groups is 1. The Balaban J connectivity index is 1.98. The molecule has 0 N–H and O–H groups in total. The molecule has 2 aromatic carbocycles. The van der Waals surface area contributed by atoms with Crippen LogP contribution in [0.15, 0.2) is 41.6 Å². The Hall–Kier alpha value is -3.04. The summed E-state index contributed by atoms with van der Waals surface area (Å²) in [5.74, 6) is 1.92. The number of nitrogens with zero attached hydrogens (tertiary/aromatic N) is 4. The molecule has 166 valence electrons. The largest absolute Gasteiger partial charge is 0.497 e. The minimum Gasteiger partial charge on any atom is -0.497 e. The Morgan fingerprint density at radius 3 is 2.69 bits per heavy atom. The van der Waals surface area contributed by atoms with Gasteiger partial charge in [-0.05, 0) is 36.1 Å². The number of fused-ring (bicyclic) bond motifs is 3. The van der Waals surface area contributed by atoms with Crippen molar-refractivity contribution in [1.82, 2.24) is 15.2 Å². The topological polar surface area (TPSA) is 86.7 Å². The van der Waals surface area contributed by atoms with Crippen LogP contribution in [0.1, 0.15) is 25.6 Å². The van der Waals surface area contributed by atoms with Gasteiger partial charge in [-0.15, -0.1) is 10.2 Å². The second-order valence-corrected chi connectivity index (χ2v) is 8.48. The number of carbonyl (C=O) groups is 1. The summed E-state index contributed by atoms with van der Waals surface area (Å²) in [7, 11) is 3.12. The lowest BCUT2D eigenvalue weighted by atomic mass is 10.1. The molecule has 1 amide bonds. The molecule has 1 aromatic heterocycles. The third-order valence-corrected chi connectivity index (χ3v) is 5.84. The van der Waals surface area contributed by atoms with Crippen molar-refractivity contribution >= 4 is 35.0 Å². The van der Waals surface area contributed by atoms with Gasteiger partial charge >= 0.3 is 0 Å². The van der Waals surface area contributed by atoms with Crippen LogP contribution in [-0.4, -0.2) is 41.1 Å². The van der Waals surface area contributed by atoms with E-state index in [2.05, 4.69) is 15.2 Å². The van der Waals surface area contributed by atoms with Crippen molar-refractivity contribution in [3.8, 4) is 28.6 Å². The second kappa shape index (κ2) is 9.22. The highest BCUT2D eigenvalue weighted by atomic mass is 35.5. The first kappa shape index (κ1) is 22.2. The quantitative estimate of drug-likeness (QED) is 0.491. The fourth-order valence-electron chi connectivity index (χ4n) is 3.49. The number of aromatic nitrogens is 3. The van der Waals surface area contributed by atoms with Crippen molar-refractivity contribution < 1.29 is 19.0 Å². The van der Waals surface area contributed by atoms with Crippen LogP contribution in [0.2, 0.25) is 5.02 Å². The lowest BCUT2D eigenvalue weighted by Gasteiger charge is -2.30. The monoisotopic (exact) mass is 472 g/mol. The van der Waals surface area contributed by atoms with E-state index in [0.29, 0.717) is 44.2 Å². The number of rotatable bonds is 5. The fraction of sp³-hybridized carbons (Fsp3) is 0.273. The van der Waals surface area contributed by atoms with Gasteiger partial charge in [-0.25, -0.2) is 0 Å². The highest BCUT2D eigenvalue weighted by Gasteiger charge is 2.36. The molecular formula is C22H21ClN4O4S. The van der Waals surface area contributed by atoms with E-state index in [4.69, 9.17) is 25.8 Å². The lowest BCUT2D eigenvalue weighted by molar-refractivity contribution is -0.118. The minimum atomic E-state index is -0.870. The summed E-state index contributed by atoms with van der Waals surface area (Å²) in [6.07, 6.45) is -0.870. The molecule has 32 heavy (non-hydrogen) atoms. The molecule has 0 fully saturated rings. The molecule has 10 heteroatoms. The van der Waals surface area contributed by atoms with Crippen molar-refractivity contribution in [1.29, 1.82) is 0 Å². The summed E-state index contributed by atoms with van der Waals surface area (Å²) in [6, 6.07) is 10.5. The molecule has 2 heterocycles. The zero-order chi connectivity index (χ0) is 22.8. The Labute approximate surface area is 194 Å². The summed E-state index contributed by atoms with van der Waals surface area (Å²) in [4.78, 5) is 19.0. The molecule has 1 aliphatic heterocycles. The van der Waals surface area contributed by atoms with E-state index < -0.39 is 6.23 Å². The van der Waals surface area contributed by atoms with Crippen LogP contribution >= 0.6 is 23.4 Å². The van der Waals surface area contributed by atoms with Crippen molar-refractivity contribution in [3.63, 3.8) is 0 Å². The first-order valence-corrected chi connectivity index (χ1v) is 11.2. The summed E-state index contributed by atoms with van der Waals surface area (Å²) < 4.78 is 17.3. The number of hydrogen-bond acceptors (Lipinski definition) is 8. The average molecular weight is 473 g/mol. The number of anilines is 1. The van der Waals surface area contributed by atoms with E-state index >= 15 is 0 Å². The SMILES string of the molecule is CCSc1nnc2c(n1)O[C@H](c1ccc(OC)cc1OC)N(C(C)=O)c1ccc(Cl)cc1-2. The molecule has 0 saturated heterocycles. The maximum Gasteiger partial charge on any atom is 0.247 e. The normalized spacial score (nSPS) is 14.7. The number of hydrogen-bond donors (Lipinski definition) is 0. The van der Waals surface area contributed by atoms with Crippen LogP contribution in [0.25, 0.3) is 11.3 Å². The third kappa shape index (κ3) is 4.05. The number of ether oxygens (including phenoxy) is 3. The van der Waals surface area contributed by atoms with Gasteiger partial charge in [0, 0.05) is 23.6 Å². The molecule has 3 aromatic rings. The lowest BCUT2D eigenvalue weighted by Crippen LogP contribution is -2.36. The maximum absolute atomic E-state index is 12.9. The predicted molar refractivity (Wildman–Crippen MR) is 123 cm³/mol. The second-order valence-electron chi connectivity index (χ2n) is 6.81. The van der Waals surface area contributed by atoms with Crippen molar-refractivity contribution in [3.05, 3.63) is 47.0 Å². The van der Waals surface area contributed by atoms with Crippen molar-refractivity contribution in [2.75, 3.05) is 24.9 Å². The van der Waals surface area contributed by atoms with E-state index in [1.165, 1.54) is 23.6 Å². The van der Waals surface area contributed by atoms with Crippen LogP contribution in [0.4, 0.5) is 5.69 Å². The van der Waals surface area contributed by atoms with Gasteiger partial charge in [-0.1, -0.05) is 30.3 Å². The number of carbonyl (C=O) groups excluding carboxylic acids is 1. The van der Waals surface area contributed by atoms with Gasteiger partial charge in [0.1, 0.15) is 11.5 Å². The maximum atomic E-state index is 12.9. The third-order valence-electron chi connectivity index (χ3n) is 4.89. The smallest absolute Gasteiger partial charge is 0.247 e. The molecule has 1 aliphatic rings.